The molecule has 0 unspecified atom stereocenters. The summed E-state index contributed by atoms with van der Waals surface area (Å²) in [6, 6.07) is 67.8. The van der Waals surface area contributed by atoms with Crippen LogP contribution in [0.1, 0.15) is 22.3 Å². The van der Waals surface area contributed by atoms with Gasteiger partial charge in [-0.3, -0.25) is 0 Å². The summed E-state index contributed by atoms with van der Waals surface area (Å²) in [5, 5.41) is 4.66. The Labute approximate surface area is 384 Å². The van der Waals surface area contributed by atoms with E-state index >= 15 is 0 Å². The van der Waals surface area contributed by atoms with E-state index in [9.17, 15) is 0 Å². The lowest BCUT2D eigenvalue weighted by atomic mass is 9.84. The quantitative estimate of drug-likeness (QED) is 0.142. The largest absolute Gasteiger partial charge is 0.208 e. The molecule has 0 radical (unpaired) electrons. The van der Waals surface area contributed by atoms with Crippen molar-refractivity contribution in [3.05, 3.63) is 216 Å². The van der Waals surface area contributed by atoms with Gasteiger partial charge in [0.2, 0.25) is 0 Å². The van der Waals surface area contributed by atoms with Crippen molar-refractivity contribution in [1.29, 1.82) is 0 Å². The minimum atomic E-state index is 0.612. The Morgan fingerprint density at radius 3 is 0.803 bits per heavy atom. The number of benzene rings is 9. The summed E-state index contributed by atoms with van der Waals surface area (Å²) >= 11 is 0. The van der Waals surface area contributed by atoms with E-state index in [0.717, 1.165) is 88.7 Å². The molecule has 0 N–H and O–H groups in total. The molecule has 0 fully saturated rings. The van der Waals surface area contributed by atoms with Gasteiger partial charge in [-0.2, -0.15) is 0 Å². The van der Waals surface area contributed by atoms with Gasteiger partial charge in [-0.05, 0) is 106 Å². The molecule has 0 spiro atoms. The highest BCUT2D eigenvalue weighted by Gasteiger charge is 2.21. The average Bonchev–Trinajstić information content (AvgIpc) is 3.36. The van der Waals surface area contributed by atoms with E-state index in [2.05, 4.69) is 173 Å². The normalized spacial score (nSPS) is 11.3. The number of nitrogens with zero attached hydrogens (tertiary/aromatic N) is 6. The number of hydrogen-bond donors (Lipinski definition) is 0. The smallest absolute Gasteiger partial charge is 0.164 e. The van der Waals surface area contributed by atoms with Gasteiger partial charge < -0.3 is 0 Å². The van der Waals surface area contributed by atoms with Gasteiger partial charge in [0.25, 0.3) is 0 Å². The average molecular weight is 849 g/mol. The van der Waals surface area contributed by atoms with Gasteiger partial charge in [-0.1, -0.05) is 182 Å². The molecule has 11 rings (SSSR count). The lowest BCUT2D eigenvalue weighted by Gasteiger charge is -2.19. The molecule has 0 aliphatic rings. The fraction of sp³-hybridized carbons (Fsp3) is 0.0667. The third kappa shape index (κ3) is 7.38. The highest BCUT2D eigenvalue weighted by Crippen LogP contribution is 2.46. The van der Waals surface area contributed by atoms with Crippen molar-refractivity contribution in [3.8, 4) is 90.6 Å². The summed E-state index contributed by atoms with van der Waals surface area (Å²) in [7, 11) is 0. The molecular weight excluding hydrogens is 805 g/mol. The van der Waals surface area contributed by atoms with E-state index in [-0.39, 0.29) is 0 Å². The fourth-order valence-corrected chi connectivity index (χ4v) is 9.16. The van der Waals surface area contributed by atoms with Crippen LogP contribution in [-0.4, -0.2) is 29.9 Å². The van der Waals surface area contributed by atoms with Gasteiger partial charge in [0, 0.05) is 33.4 Å². The summed E-state index contributed by atoms with van der Waals surface area (Å²) in [4.78, 5) is 30.9. The second kappa shape index (κ2) is 16.9. The van der Waals surface area contributed by atoms with E-state index in [4.69, 9.17) is 29.9 Å². The van der Waals surface area contributed by atoms with Crippen molar-refractivity contribution in [1.82, 2.24) is 29.9 Å². The van der Waals surface area contributed by atoms with Crippen LogP contribution in [0.4, 0.5) is 0 Å². The van der Waals surface area contributed by atoms with Crippen molar-refractivity contribution in [2.45, 2.75) is 27.7 Å². The van der Waals surface area contributed by atoms with Gasteiger partial charge in [-0.15, -0.1) is 0 Å². The predicted octanol–water partition coefficient (Wildman–Crippen LogP) is 14.9. The molecule has 0 bridgehead atoms. The monoisotopic (exact) mass is 848 g/mol. The van der Waals surface area contributed by atoms with E-state index < -0.39 is 0 Å². The summed E-state index contributed by atoms with van der Waals surface area (Å²) in [5.74, 6) is 3.80. The first-order chi connectivity index (χ1) is 32.4. The van der Waals surface area contributed by atoms with E-state index in [1.165, 1.54) is 10.8 Å². The van der Waals surface area contributed by atoms with Crippen LogP contribution in [-0.2, 0) is 0 Å². The summed E-state index contributed by atoms with van der Waals surface area (Å²) in [6.07, 6.45) is 0. The van der Waals surface area contributed by atoms with E-state index in [1.54, 1.807) is 0 Å². The van der Waals surface area contributed by atoms with Crippen molar-refractivity contribution in [2.75, 3.05) is 0 Å². The standard InChI is InChI=1S/C60H44N6/c1-37-19-5-9-27-45(37)57-61-55(62-58(65-57)46-28-10-6-20-38(46)2)43-25-17-23-41(35-43)53-51-33-15-13-31-49(51)50-32-14-16-34-52(50)54(53)42-24-18-26-44(36-42)56-63-59(47-29-11-7-21-39(47)3)66-60(64-56)48-30-12-8-22-40(48)4/h5-36H,1-4H3. The van der Waals surface area contributed by atoms with Crippen molar-refractivity contribution < 1.29 is 0 Å². The Kier molecular flexibility index (Phi) is 10.3. The van der Waals surface area contributed by atoms with Gasteiger partial charge in [0.1, 0.15) is 0 Å². The number of fused-ring (bicyclic) bond motifs is 3. The molecule has 0 atom stereocenters. The minimum Gasteiger partial charge on any atom is -0.208 e. The summed E-state index contributed by atoms with van der Waals surface area (Å²) < 4.78 is 0. The maximum Gasteiger partial charge on any atom is 0.164 e. The zero-order chi connectivity index (χ0) is 44.7. The minimum absolute atomic E-state index is 0.612. The van der Waals surface area contributed by atoms with Crippen LogP contribution in [0, 0.1) is 27.7 Å². The zero-order valence-electron chi connectivity index (χ0n) is 37.2. The van der Waals surface area contributed by atoms with Crippen LogP contribution < -0.4 is 0 Å². The number of rotatable bonds is 8. The topological polar surface area (TPSA) is 77.3 Å². The second-order valence-corrected chi connectivity index (χ2v) is 16.9. The number of aryl methyl sites for hydroxylation is 4. The molecule has 314 valence electrons. The molecule has 0 amide bonds. The Balaban J connectivity index is 1.13. The van der Waals surface area contributed by atoms with Gasteiger partial charge in [-0.25, -0.2) is 29.9 Å². The molecule has 2 aromatic heterocycles. The molecule has 0 aliphatic heterocycles. The van der Waals surface area contributed by atoms with Crippen molar-refractivity contribution in [2.24, 2.45) is 0 Å². The molecule has 11 aromatic rings. The molecule has 0 aliphatic carbocycles. The van der Waals surface area contributed by atoms with Crippen LogP contribution in [0.15, 0.2) is 194 Å². The number of hydrogen-bond acceptors (Lipinski definition) is 6. The molecule has 66 heavy (non-hydrogen) atoms. The Bertz CT molecular complexity index is 3300. The molecule has 2 heterocycles. The van der Waals surface area contributed by atoms with Crippen LogP contribution in [0.3, 0.4) is 0 Å². The summed E-state index contributed by atoms with van der Waals surface area (Å²) in [6.45, 7) is 8.39. The zero-order valence-corrected chi connectivity index (χ0v) is 37.2. The Hall–Kier alpha value is -8.48. The maximum atomic E-state index is 5.19. The molecule has 6 heteroatoms. The Morgan fingerprint density at radius 2 is 0.485 bits per heavy atom. The molecule has 0 saturated heterocycles. The Morgan fingerprint density at radius 1 is 0.227 bits per heavy atom. The highest BCUT2D eigenvalue weighted by atomic mass is 15.0. The van der Waals surface area contributed by atoms with E-state index in [0.29, 0.717) is 34.9 Å². The maximum absolute atomic E-state index is 5.19. The lowest BCUT2D eigenvalue weighted by Crippen LogP contribution is -2.02. The van der Waals surface area contributed by atoms with Crippen molar-refractivity contribution >= 4 is 21.5 Å². The SMILES string of the molecule is Cc1ccccc1-c1nc(-c2cccc(-c3c(-c4cccc(-c5nc(-c6ccccc6C)nc(-c6ccccc6C)n5)c4)c4ccccc4c4ccccc34)c2)nc(-c2ccccc2C)n1. The van der Waals surface area contributed by atoms with E-state index in [1.807, 2.05) is 48.5 Å². The molecule has 9 aromatic carbocycles. The van der Waals surface area contributed by atoms with Crippen molar-refractivity contribution in [3.63, 3.8) is 0 Å². The van der Waals surface area contributed by atoms with Crippen LogP contribution in [0.25, 0.3) is 112 Å². The molecular formula is C60H44N6. The second-order valence-electron chi connectivity index (χ2n) is 16.9. The highest BCUT2D eigenvalue weighted by molar-refractivity contribution is 6.21. The van der Waals surface area contributed by atoms with Crippen LogP contribution in [0.2, 0.25) is 0 Å². The van der Waals surface area contributed by atoms with Gasteiger partial charge in [0.15, 0.2) is 34.9 Å². The first-order valence-corrected chi connectivity index (χ1v) is 22.3. The fourth-order valence-electron chi connectivity index (χ4n) is 9.16. The summed E-state index contributed by atoms with van der Waals surface area (Å²) in [5.41, 5.74) is 14.4. The van der Waals surface area contributed by atoms with Gasteiger partial charge >= 0.3 is 0 Å². The molecule has 0 saturated carbocycles. The van der Waals surface area contributed by atoms with Crippen LogP contribution in [0.5, 0.6) is 0 Å². The first-order valence-electron chi connectivity index (χ1n) is 22.3. The number of aromatic nitrogens is 6. The van der Waals surface area contributed by atoms with Crippen LogP contribution >= 0.6 is 0 Å². The van der Waals surface area contributed by atoms with Gasteiger partial charge in [0.05, 0.1) is 0 Å². The third-order valence-electron chi connectivity index (χ3n) is 12.6. The molecule has 6 nitrogen and oxygen atoms in total. The third-order valence-corrected chi connectivity index (χ3v) is 12.6. The lowest BCUT2D eigenvalue weighted by molar-refractivity contribution is 1.07. The first kappa shape index (κ1) is 40.3. The predicted molar refractivity (Wildman–Crippen MR) is 271 cm³/mol.